The number of hydrogen-bond donors (Lipinski definition) is 3. The van der Waals surface area contributed by atoms with Gasteiger partial charge in [-0.05, 0) is 30.3 Å². The standard InChI is InChI=1S/C13H10N2O4/c16-12(17)8-3-1-4-9(7-8)14-11-6-2-5-10(15-11)13(18)19/h1-7H,(H,14,15)(H,16,17)(H,18,19). The average molecular weight is 258 g/mol. The number of carboxylic acids is 2. The predicted octanol–water partition coefficient (Wildman–Crippen LogP) is 2.22. The van der Waals surface area contributed by atoms with Crippen molar-refractivity contribution in [1.29, 1.82) is 0 Å². The Kier molecular flexibility index (Phi) is 3.42. The van der Waals surface area contributed by atoms with Gasteiger partial charge in [0.15, 0.2) is 5.69 Å². The Labute approximate surface area is 108 Å². The Morgan fingerprint density at radius 1 is 1.00 bits per heavy atom. The van der Waals surface area contributed by atoms with Gasteiger partial charge in [-0.1, -0.05) is 12.1 Å². The topological polar surface area (TPSA) is 99.5 Å². The van der Waals surface area contributed by atoms with E-state index in [9.17, 15) is 9.59 Å². The van der Waals surface area contributed by atoms with Crippen molar-refractivity contribution in [3.8, 4) is 0 Å². The second-order valence-corrected chi connectivity index (χ2v) is 3.72. The number of nitrogens with zero attached hydrogens (tertiary/aromatic N) is 1. The minimum Gasteiger partial charge on any atom is -0.478 e. The van der Waals surface area contributed by atoms with Gasteiger partial charge >= 0.3 is 11.9 Å². The molecule has 1 heterocycles. The lowest BCUT2D eigenvalue weighted by molar-refractivity contribution is 0.0682. The number of rotatable bonds is 4. The van der Waals surface area contributed by atoms with E-state index >= 15 is 0 Å². The summed E-state index contributed by atoms with van der Waals surface area (Å²) in [4.78, 5) is 25.5. The van der Waals surface area contributed by atoms with E-state index in [1.54, 1.807) is 24.3 Å². The number of anilines is 2. The summed E-state index contributed by atoms with van der Waals surface area (Å²) < 4.78 is 0. The lowest BCUT2D eigenvalue weighted by Gasteiger charge is -2.06. The van der Waals surface area contributed by atoms with Crippen LogP contribution in [0.15, 0.2) is 42.5 Å². The molecule has 2 rings (SSSR count). The molecular weight excluding hydrogens is 248 g/mol. The molecule has 6 heteroatoms. The van der Waals surface area contributed by atoms with Gasteiger partial charge in [-0.2, -0.15) is 0 Å². The molecule has 0 saturated heterocycles. The second-order valence-electron chi connectivity index (χ2n) is 3.72. The Bertz CT molecular complexity index is 585. The molecule has 0 spiro atoms. The Morgan fingerprint density at radius 3 is 2.42 bits per heavy atom. The predicted molar refractivity (Wildman–Crippen MR) is 67.9 cm³/mol. The van der Waals surface area contributed by atoms with Gasteiger partial charge in [0.2, 0.25) is 0 Å². The molecule has 3 N–H and O–H groups in total. The number of benzene rings is 1. The minimum atomic E-state index is -1.12. The largest absolute Gasteiger partial charge is 0.478 e. The van der Waals surface area contributed by atoms with Gasteiger partial charge in [0.05, 0.1) is 5.56 Å². The third-order valence-corrected chi connectivity index (χ3v) is 2.35. The molecule has 0 aliphatic rings. The van der Waals surface area contributed by atoms with Crippen LogP contribution in [0.5, 0.6) is 0 Å². The third kappa shape index (κ3) is 3.06. The molecule has 19 heavy (non-hydrogen) atoms. The maximum atomic E-state index is 10.8. The fourth-order valence-corrected chi connectivity index (χ4v) is 1.50. The first-order valence-corrected chi connectivity index (χ1v) is 5.37. The molecule has 2 aromatic rings. The lowest BCUT2D eigenvalue weighted by atomic mass is 10.2. The van der Waals surface area contributed by atoms with Crippen LogP contribution in [0.4, 0.5) is 11.5 Å². The Morgan fingerprint density at radius 2 is 1.74 bits per heavy atom. The SMILES string of the molecule is O=C(O)c1cccc(Nc2cccc(C(=O)O)n2)c1. The van der Waals surface area contributed by atoms with E-state index in [-0.39, 0.29) is 11.3 Å². The van der Waals surface area contributed by atoms with Crippen molar-refractivity contribution in [2.45, 2.75) is 0 Å². The first kappa shape index (κ1) is 12.6. The van der Waals surface area contributed by atoms with Crippen molar-refractivity contribution in [2.75, 3.05) is 5.32 Å². The van der Waals surface area contributed by atoms with E-state index in [1.807, 2.05) is 0 Å². The van der Waals surface area contributed by atoms with Crippen molar-refractivity contribution in [1.82, 2.24) is 4.98 Å². The number of pyridine rings is 1. The maximum absolute atomic E-state index is 10.8. The molecule has 6 nitrogen and oxygen atoms in total. The van der Waals surface area contributed by atoms with E-state index in [4.69, 9.17) is 10.2 Å². The van der Waals surface area contributed by atoms with Crippen LogP contribution in [0.1, 0.15) is 20.8 Å². The molecule has 0 radical (unpaired) electrons. The zero-order chi connectivity index (χ0) is 13.8. The van der Waals surface area contributed by atoms with Crippen molar-refractivity contribution in [3.63, 3.8) is 0 Å². The van der Waals surface area contributed by atoms with Gasteiger partial charge in [0.25, 0.3) is 0 Å². The van der Waals surface area contributed by atoms with Crippen LogP contribution in [-0.4, -0.2) is 27.1 Å². The minimum absolute atomic E-state index is 0.0839. The highest BCUT2D eigenvalue weighted by Crippen LogP contribution is 2.16. The van der Waals surface area contributed by atoms with Gasteiger partial charge < -0.3 is 15.5 Å². The highest BCUT2D eigenvalue weighted by atomic mass is 16.4. The van der Waals surface area contributed by atoms with Gasteiger partial charge in [-0.25, -0.2) is 14.6 Å². The van der Waals surface area contributed by atoms with Gasteiger partial charge in [-0.3, -0.25) is 0 Å². The molecule has 0 atom stereocenters. The molecule has 0 amide bonds. The monoisotopic (exact) mass is 258 g/mol. The molecule has 1 aromatic heterocycles. The lowest BCUT2D eigenvalue weighted by Crippen LogP contribution is -2.03. The van der Waals surface area contributed by atoms with Crippen LogP contribution < -0.4 is 5.32 Å². The van der Waals surface area contributed by atoms with Gasteiger partial charge in [-0.15, -0.1) is 0 Å². The highest BCUT2D eigenvalue weighted by molar-refractivity contribution is 5.89. The van der Waals surface area contributed by atoms with Gasteiger partial charge in [0, 0.05) is 5.69 Å². The molecule has 0 fully saturated rings. The second kappa shape index (κ2) is 5.18. The van der Waals surface area contributed by atoms with Crippen LogP contribution in [0, 0.1) is 0 Å². The van der Waals surface area contributed by atoms with Crippen LogP contribution in [0.2, 0.25) is 0 Å². The molecule has 0 aliphatic carbocycles. The number of aromatic nitrogens is 1. The zero-order valence-corrected chi connectivity index (χ0v) is 9.70. The molecule has 1 aromatic carbocycles. The summed E-state index contributed by atoms with van der Waals surface area (Å²) in [6, 6.07) is 10.7. The van der Waals surface area contributed by atoms with Crippen molar-refractivity contribution >= 4 is 23.4 Å². The van der Waals surface area contributed by atoms with E-state index in [0.717, 1.165) is 0 Å². The summed E-state index contributed by atoms with van der Waals surface area (Å²) >= 11 is 0. The number of hydrogen-bond acceptors (Lipinski definition) is 4. The summed E-state index contributed by atoms with van der Waals surface area (Å²) in [5.41, 5.74) is 0.578. The number of nitrogens with one attached hydrogen (secondary N) is 1. The normalized spacial score (nSPS) is 9.89. The summed E-state index contributed by atoms with van der Waals surface area (Å²) in [7, 11) is 0. The maximum Gasteiger partial charge on any atom is 0.354 e. The zero-order valence-electron chi connectivity index (χ0n) is 9.70. The number of aromatic carboxylic acids is 2. The highest BCUT2D eigenvalue weighted by Gasteiger charge is 2.06. The smallest absolute Gasteiger partial charge is 0.354 e. The van der Waals surface area contributed by atoms with Crippen LogP contribution in [0.25, 0.3) is 0 Å². The van der Waals surface area contributed by atoms with Crippen LogP contribution >= 0.6 is 0 Å². The fraction of sp³-hybridized carbons (Fsp3) is 0. The van der Waals surface area contributed by atoms with E-state index in [2.05, 4.69) is 10.3 Å². The molecule has 0 saturated carbocycles. The summed E-state index contributed by atoms with van der Waals surface area (Å²) in [6.45, 7) is 0. The van der Waals surface area contributed by atoms with E-state index < -0.39 is 11.9 Å². The van der Waals surface area contributed by atoms with Crippen molar-refractivity contribution < 1.29 is 19.8 Å². The Hall–Kier alpha value is -2.89. The number of carboxylic acid groups (broad SMARTS) is 2. The molecule has 0 unspecified atom stereocenters. The van der Waals surface area contributed by atoms with E-state index in [0.29, 0.717) is 11.5 Å². The molecular formula is C13H10N2O4. The Balaban J connectivity index is 2.26. The summed E-state index contributed by atoms with van der Waals surface area (Å²) in [6.07, 6.45) is 0. The first-order chi connectivity index (χ1) is 9.06. The average Bonchev–Trinajstić information content (AvgIpc) is 2.39. The van der Waals surface area contributed by atoms with Crippen molar-refractivity contribution in [3.05, 3.63) is 53.7 Å². The quantitative estimate of drug-likeness (QED) is 0.777. The molecule has 96 valence electrons. The van der Waals surface area contributed by atoms with Crippen LogP contribution in [0.3, 0.4) is 0 Å². The first-order valence-electron chi connectivity index (χ1n) is 5.37. The summed E-state index contributed by atoms with van der Waals surface area (Å²) in [5, 5.41) is 20.6. The molecule has 0 aliphatic heterocycles. The third-order valence-electron chi connectivity index (χ3n) is 2.35. The van der Waals surface area contributed by atoms with Gasteiger partial charge in [0.1, 0.15) is 5.82 Å². The summed E-state index contributed by atoms with van der Waals surface area (Å²) in [5.74, 6) is -1.82. The molecule has 0 bridgehead atoms. The number of carbonyl (C=O) groups is 2. The van der Waals surface area contributed by atoms with Crippen LogP contribution in [-0.2, 0) is 0 Å². The van der Waals surface area contributed by atoms with Crippen molar-refractivity contribution in [2.24, 2.45) is 0 Å². The van der Waals surface area contributed by atoms with E-state index in [1.165, 1.54) is 18.2 Å². The fourth-order valence-electron chi connectivity index (χ4n) is 1.50.